The third-order valence-corrected chi connectivity index (χ3v) is 3.44. The topological polar surface area (TPSA) is 29.9 Å². The number of nitrogens with one attached hydrogen (secondary N) is 1. The molecule has 1 aliphatic carbocycles. The Kier molecular flexibility index (Phi) is 4.40. The van der Waals surface area contributed by atoms with Gasteiger partial charge in [0.05, 0.1) is 12.7 Å². The Morgan fingerprint density at radius 1 is 1.38 bits per heavy atom. The van der Waals surface area contributed by atoms with E-state index in [4.69, 9.17) is 0 Å². The van der Waals surface area contributed by atoms with Crippen molar-refractivity contribution in [3.8, 4) is 0 Å². The zero-order valence-electron chi connectivity index (χ0n) is 10.3. The summed E-state index contributed by atoms with van der Waals surface area (Å²) in [7, 11) is 0. The van der Waals surface area contributed by atoms with E-state index in [1.165, 1.54) is 44.2 Å². The monoisotopic (exact) mass is 221 g/mol. The molecule has 1 aromatic heterocycles. The van der Waals surface area contributed by atoms with E-state index in [1.807, 2.05) is 10.9 Å². The van der Waals surface area contributed by atoms with Gasteiger partial charge in [-0.05, 0) is 37.8 Å². The summed E-state index contributed by atoms with van der Waals surface area (Å²) in [6.45, 7) is 5.30. The van der Waals surface area contributed by atoms with Crippen molar-refractivity contribution >= 4 is 0 Å². The summed E-state index contributed by atoms with van der Waals surface area (Å²) in [4.78, 5) is 0. The van der Waals surface area contributed by atoms with Gasteiger partial charge in [0, 0.05) is 12.7 Å². The second kappa shape index (κ2) is 6.04. The van der Waals surface area contributed by atoms with Crippen molar-refractivity contribution in [1.29, 1.82) is 0 Å². The molecule has 0 amide bonds. The van der Waals surface area contributed by atoms with E-state index < -0.39 is 0 Å². The Bertz CT molecular complexity index is 300. The highest BCUT2D eigenvalue weighted by atomic mass is 15.3. The molecule has 0 radical (unpaired) electrons. The summed E-state index contributed by atoms with van der Waals surface area (Å²) in [5.41, 5.74) is 1.24. The average molecular weight is 221 g/mol. The minimum atomic E-state index is 0.924. The SMILES string of the molecule is Cc1cnn(CCNCC2CCCCC2)c1. The smallest absolute Gasteiger partial charge is 0.0534 e. The van der Waals surface area contributed by atoms with Gasteiger partial charge in [-0.1, -0.05) is 19.3 Å². The molecular weight excluding hydrogens is 198 g/mol. The first-order chi connectivity index (χ1) is 7.84. The summed E-state index contributed by atoms with van der Waals surface area (Å²) in [5.74, 6) is 0.924. The third-order valence-electron chi connectivity index (χ3n) is 3.44. The standard InChI is InChI=1S/C13H23N3/c1-12-9-15-16(11-12)8-7-14-10-13-5-3-2-4-6-13/h9,11,13-14H,2-8,10H2,1H3. The molecule has 1 aromatic rings. The maximum Gasteiger partial charge on any atom is 0.0534 e. The van der Waals surface area contributed by atoms with Crippen molar-refractivity contribution in [2.75, 3.05) is 13.1 Å². The molecule has 0 aliphatic heterocycles. The zero-order chi connectivity index (χ0) is 11.2. The van der Waals surface area contributed by atoms with Crippen LogP contribution in [0.25, 0.3) is 0 Å². The van der Waals surface area contributed by atoms with Crippen LogP contribution >= 0.6 is 0 Å². The Hall–Kier alpha value is -0.830. The van der Waals surface area contributed by atoms with Crippen molar-refractivity contribution in [2.45, 2.75) is 45.6 Å². The predicted octanol–water partition coefficient (Wildman–Crippen LogP) is 2.36. The lowest BCUT2D eigenvalue weighted by Crippen LogP contribution is -2.27. The number of hydrogen-bond donors (Lipinski definition) is 1. The second-order valence-corrected chi connectivity index (χ2v) is 4.99. The number of nitrogens with zero attached hydrogens (tertiary/aromatic N) is 2. The van der Waals surface area contributed by atoms with Crippen molar-refractivity contribution in [3.05, 3.63) is 18.0 Å². The van der Waals surface area contributed by atoms with Crippen LogP contribution in [-0.4, -0.2) is 22.9 Å². The molecule has 1 fully saturated rings. The van der Waals surface area contributed by atoms with E-state index >= 15 is 0 Å². The summed E-state index contributed by atoms with van der Waals surface area (Å²) in [6.07, 6.45) is 11.2. The maximum absolute atomic E-state index is 4.28. The molecule has 2 rings (SSSR count). The lowest BCUT2D eigenvalue weighted by Gasteiger charge is -2.21. The number of aromatic nitrogens is 2. The van der Waals surface area contributed by atoms with Crippen molar-refractivity contribution in [2.24, 2.45) is 5.92 Å². The number of aryl methyl sites for hydroxylation is 1. The lowest BCUT2D eigenvalue weighted by molar-refractivity contribution is 0.339. The fourth-order valence-corrected chi connectivity index (χ4v) is 2.48. The molecule has 1 heterocycles. The largest absolute Gasteiger partial charge is 0.315 e. The zero-order valence-corrected chi connectivity index (χ0v) is 10.3. The van der Waals surface area contributed by atoms with Gasteiger partial charge in [0.2, 0.25) is 0 Å². The molecule has 0 aromatic carbocycles. The summed E-state index contributed by atoms with van der Waals surface area (Å²) >= 11 is 0. The summed E-state index contributed by atoms with van der Waals surface area (Å²) in [6, 6.07) is 0. The molecule has 0 bridgehead atoms. The Morgan fingerprint density at radius 2 is 2.19 bits per heavy atom. The predicted molar refractivity (Wildman–Crippen MR) is 66.4 cm³/mol. The highest BCUT2D eigenvalue weighted by Gasteiger charge is 2.12. The van der Waals surface area contributed by atoms with Gasteiger partial charge in [-0.2, -0.15) is 5.10 Å². The first-order valence-corrected chi connectivity index (χ1v) is 6.54. The van der Waals surface area contributed by atoms with Crippen LogP contribution in [0, 0.1) is 12.8 Å². The van der Waals surface area contributed by atoms with Gasteiger partial charge in [-0.15, -0.1) is 0 Å². The van der Waals surface area contributed by atoms with E-state index in [-0.39, 0.29) is 0 Å². The Labute approximate surface area is 98.2 Å². The molecule has 0 saturated heterocycles. The minimum Gasteiger partial charge on any atom is -0.315 e. The van der Waals surface area contributed by atoms with Crippen LogP contribution in [0.2, 0.25) is 0 Å². The lowest BCUT2D eigenvalue weighted by atomic mass is 9.89. The van der Waals surface area contributed by atoms with Gasteiger partial charge >= 0.3 is 0 Å². The molecule has 1 saturated carbocycles. The molecule has 3 heteroatoms. The second-order valence-electron chi connectivity index (χ2n) is 4.99. The van der Waals surface area contributed by atoms with E-state index in [2.05, 4.69) is 23.5 Å². The summed E-state index contributed by atoms with van der Waals surface area (Å²) in [5, 5.41) is 7.83. The maximum atomic E-state index is 4.28. The van der Waals surface area contributed by atoms with Crippen LogP contribution < -0.4 is 5.32 Å². The van der Waals surface area contributed by atoms with E-state index in [0.29, 0.717) is 0 Å². The fourth-order valence-electron chi connectivity index (χ4n) is 2.48. The van der Waals surface area contributed by atoms with Crippen molar-refractivity contribution in [1.82, 2.24) is 15.1 Å². The summed E-state index contributed by atoms with van der Waals surface area (Å²) < 4.78 is 2.02. The van der Waals surface area contributed by atoms with E-state index in [0.717, 1.165) is 19.0 Å². The molecule has 3 nitrogen and oxygen atoms in total. The molecule has 0 atom stereocenters. The van der Waals surface area contributed by atoms with Gasteiger partial charge in [0.25, 0.3) is 0 Å². The first kappa shape index (κ1) is 11.6. The molecule has 0 unspecified atom stereocenters. The molecule has 1 N–H and O–H groups in total. The van der Waals surface area contributed by atoms with E-state index in [9.17, 15) is 0 Å². The Balaban J connectivity index is 1.57. The van der Waals surface area contributed by atoms with Gasteiger partial charge < -0.3 is 5.32 Å². The van der Waals surface area contributed by atoms with E-state index in [1.54, 1.807) is 0 Å². The molecule has 1 aliphatic rings. The molecule has 16 heavy (non-hydrogen) atoms. The van der Waals surface area contributed by atoms with Crippen molar-refractivity contribution in [3.63, 3.8) is 0 Å². The van der Waals surface area contributed by atoms with Gasteiger partial charge in [0.15, 0.2) is 0 Å². The van der Waals surface area contributed by atoms with Crippen LogP contribution in [0.3, 0.4) is 0 Å². The molecule has 0 spiro atoms. The van der Waals surface area contributed by atoms with Gasteiger partial charge in [-0.25, -0.2) is 0 Å². The first-order valence-electron chi connectivity index (χ1n) is 6.54. The van der Waals surface area contributed by atoms with Crippen LogP contribution in [0.4, 0.5) is 0 Å². The number of rotatable bonds is 5. The fraction of sp³-hybridized carbons (Fsp3) is 0.769. The third kappa shape index (κ3) is 3.63. The number of hydrogen-bond acceptors (Lipinski definition) is 2. The minimum absolute atomic E-state index is 0.924. The van der Waals surface area contributed by atoms with Gasteiger partial charge in [0.1, 0.15) is 0 Å². The van der Waals surface area contributed by atoms with Crippen LogP contribution in [-0.2, 0) is 6.54 Å². The average Bonchev–Trinajstić information content (AvgIpc) is 2.72. The highest BCUT2D eigenvalue weighted by Crippen LogP contribution is 2.22. The molecular formula is C13H23N3. The van der Waals surface area contributed by atoms with Crippen LogP contribution in [0.15, 0.2) is 12.4 Å². The van der Waals surface area contributed by atoms with Gasteiger partial charge in [-0.3, -0.25) is 4.68 Å². The van der Waals surface area contributed by atoms with Crippen LogP contribution in [0.5, 0.6) is 0 Å². The van der Waals surface area contributed by atoms with Crippen LogP contribution in [0.1, 0.15) is 37.7 Å². The Morgan fingerprint density at radius 3 is 2.88 bits per heavy atom. The van der Waals surface area contributed by atoms with Crippen molar-refractivity contribution < 1.29 is 0 Å². The molecule has 90 valence electrons. The highest BCUT2D eigenvalue weighted by molar-refractivity contribution is 4.99. The normalized spacial score (nSPS) is 17.8. The quantitative estimate of drug-likeness (QED) is 0.774.